The summed E-state index contributed by atoms with van der Waals surface area (Å²) in [6.45, 7) is 2.84. The summed E-state index contributed by atoms with van der Waals surface area (Å²) in [4.78, 5) is 16.9. The van der Waals surface area contributed by atoms with Crippen LogP contribution in [0.2, 0.25) is 10.0 Å². The fraction of sp³-hybridized carbons (Fsp3) is 0.280. The third-order valence-electron chi connectivity index (χ3n) is 5.27. The van der Waals surface area contributed by atoms with Gasteiger partial charge in [0.2, 0.25) is 0 Å². The fourth-order valence-corrected chi connectivity index (χ4v) is 5.66. The minimum atomic E-state index is -0.130. The number of thiazole rings is 1. The summed E-state index contributed by atoms with van der Waals surface area (Å²) < 4.78 is 1.91. The molecule has 0 saturated heterocycles. The molecular weight excluding hydrogens is 521 g/mol. The zero-order valence-corrected chi connectivity index (χ0v) is 22.4. The number of unbranched alkanes of at least 4 members (excludes halogenated alkanes) is 3. The van der Waals surface area contributed by atoms with Gasteiger partial charge in [-0.05, 0) is 30.7 Å². The van der Waals surface area contributed by atoms with E-state index < -0.39 is 0 Å². The molecule has 0 atom stereocenters. The van der Waals surface area contributed by atoms with Gasteiger partial charge in [0.15, 0.2) is 11.0 Å². The van der Waals surface area contributed by atoms with Crippen LogP contribution in [0.5, 0.6) is 0 Å². The molecule has 0 spiro atoms. The topological polar surface area (TPSA) is 72.7 Å². The van der Waals surface area contributed by atoms with Gasteiger partial charge in [0.25, 0.3) is 5.91 Å². The van der Waals surface area contributed by atoms with Crippen molar-refractivity contribution in [3.05, 3.63) is 74.7 Å². The number of nitrogens with one attached hydrogen (secondary N) is 1. The van der Waals surface area contributed by atoms with E-state index in [1.807, 2.05) is 53.1 Å². The predicted octanol–water partition coefficient (Wildman–Crippen LogP) is 7.30. The van der Waals surface area contributed by atoms with Gasteiger partial charge in [-0.3, -0.25) is 9.36 Å². The molecule has 182 valence electrons. The van der Waals surface area contributed by atoms with E-state index in [9.17, 15) is 4.79 Å². The smallest absolute Gasteiger partial charge is 0.270 e. The molecule has 0 radical (unpaired) electrons. The van der Waals surface area contributed by atoms with Crippen LogP contribution in [0.15, 0.2) is 59.1 Å². The van der Waals surface area contributed by atoms with Crippen LogP contribution in [0.1, 0.15) is 48.1 Å². The number of carbonyl (C=O) groups is 1. The van der Waals surface area contributed by atoms with Gasteiger partial charge in [0.05, 0.1) is 21.5 Å². The van der Waals surface area contributed by atoms with Crippen LogP contribution in [0.25, 0.3) is 17.1 Å². The second-order valence-electron chi connectivity index (χ2n) is 7.80. The number of rotatable bonds is 11. The molecule has 0 fully saturated rings. The Kier molecular flexibility index (Phi) is 9.20. The first-order valence-electron chi connectivity index (χ1n) is 11.4. The summed E-state index contributed by atoms with van der Waals surface area (Å²) in [5, 5.41) is 16.3. The Morgan fingerprint density at radius 2 is 1.80 bits per heavy atom. The normalized spacial score (nSPS) is 11.1. The first kappa shape index (κ1) is 25.7. The Balaban J connectivity index is 1.51. The highest BCUT2D eigenvalue weighted by molar-refractivity contribution is 7.98. The van der Waals surface area contributed by atoms with Gasteiger partial charge in [-0.15, -0.1) is 21.5 Å². The summed E-state index contributed by atoms with van der Waals surface area (Å²) in [6, 6.07) is 15.1. The lowest BCUT2D eigenvalue weighted by molar-refractivity contribution is 0.0948. The maximum atomic E-state index is 12.4. The predicted molar refractivity (Wildman–Crippen MR) is 145 cm³/mol. The monoisotopic (exact) mass is 545 g/mol. The van der Waals surface area contributed by atoms with Crippen LogP contribution in [-0.4, -0.2) is 32.2 Å². The number of halogens is 2. The van der Waals surface area contributed by atoms with E-state index in [2.05, 4.69) is 27.4 Å². The van der Waals surface area contributed by atoms with Gasteiger partial charge < -0.3 is 5.32 Å². The van der Waals surface area contributed by atoms with Gasteiger partial charge in [-0.1, -0.05) is 85.4 Å². The van der Waals surface area contributed by atoms with E-state index in [0.29, 0.717) is 39.0 Å². The lowest BCUT2D eigenvalue weighted by Crippen LogP contribution is -2.24. The third-order valence-corrected chi connectivity index (χ3v) is 7.89. The fourth-order valence-electron chi connectivity index (χ4n) is 3.48. The standard InChI is InChI=1S/C25H25Cl2N5OS2/c1-2-3-4-9-14-28-24(33)20-15-34-22(29-20)16-35-25-31-30-23(17-10-5-6-11-18(17)26)32(25)21-13-8-7-12-19(21)27/h5-8,10-13,15H,2-4,9,14,16H2,1H3,(H,28,33). The summed E-state index contributed by atoms with van der Waals surface area (Å²) in [5.41, 5.74) is 1.98. The summed E-state index contributed by atoms with van der Waals surface area (Å²) in [5.74, 6) is 1.02. The molecule has 0 aliphatic carbocycles. The van der Waals surface area contributed by atoms with Gasteiger partial charge in [0.1, 0.15) is 10.7 Å². The van der Waals surface area contributed by atoms with Crippen molar-refractivity contribution in [3.63, 3.8) is 0 Å². The molecule has 2 heterocycles. The Morgan fingerprint density at radius 1 is 1.03 bits per heavy atom. The molecule has 2 aromatic carbocycles. The molecule has 4 aromatic rings. The van der Waals surface area contributed by atoms with E-state index in [0.717, 1.165) is 29.1 Å². The zero-order chi connectivity index (χ0) is 24.6. The molecule has 0 aliphatic heterocycles. The van der Waals surface area contributed by atoms with Crippen LogP contribution < -0.4 is 5.32 Å². The Bertz CT molecular complexity index is 1290. The first-order chi connectivity index (χ1) is 17.1. The summed E-state index contributed by atoms with van der Waals surface area (Å²) in [7, 11) is 0. The largest absolute Gasteiger partial charge is 0.351 e. The molecule has 0 saturated carbocycles. The van der Waals surface area contributed by atoms with E-state index in [1.165, 1.54) is 35.9 Å². The van der Waals surface area contributed by atoms with Crippen LogP contribution in [0.4, 0.5) is 0 Å². The summed E-state index contributed by atoms with van der Waals surface area (Å²) >= 11 is 15.9. The van der Waals surface area contributed by atoms with E-state index in [4.69, 9.17) is 23.2 Å². The Morgan fingerprint density at radius 3 is 2.57 bits per heavy atom. The lowest BCUT2D eigenvalue weighted by Gasteiger charge is -2.12. The maximum Gasteiger partial charge on any atom is 0.270 e. The number of aromatic nitrogens is 4. The number of hydrogen-bond acceptors (Lipinski definition) is 6. The van der Waals surface area contributed by atoms with Crippen molar-refractivity contribution in [2.75, 3.05) is 6.54 Å². The van der Waals surface area contributed by atoms with Crippen LogP contribution in [0, 0.1) is 0 Å². The minimum absolute atomic E-state index is 0.130. The molecule has 6 nitrogen and oxygen atoms in total. The Labute approximate surface area is 223 Å². The summed E-state index contributed by atoms with van der Waals surface area (Å²) in [6.07, 6.45) is 4.46. The van der Waals surface area contributed by atoms with Gasteiger partial charge in [0, 0.05) is 17.5 Å². The lowest BCUT2D eigenvalue weighted by atomic mass is 10.2. The second-order valence-corrected chi connectivity index (χ2v) is 10.5. The molecule has 0 bridgehead atoms. The highest BCUT2D eigenvalue weighted by Crippen LogP contribution is 2.35. The number of carbonyl (C=O) groups excluding carboxylic acids is 1. The second kappa shape index (κ2) is 12.5. The van der Waals surface area contributed by atoms with Crippen molar-refractivity contribution in [1.82, 2.24) is 25.1 Å². The average molecular weight is 547 g/mol. The number of thioether (sulfide) groups is 1. The number of benzene rings is 2. The van der Waals surface area contributed by atoms with E-state index in [-0.39, 0.29) is 5.91 Å². The van der Waals surface area contributed by atoms with Crippen molar-refractivity contribution in [1.29, 1.82) is 0 Å². The molecule has 1 amide bonds. The molecule has 4 rings (SSSR count). The number of para-hydroxylation sites is 1. The van der Waals surface area contributed by atoms with Crippen molar-refractivity contribution in [2.45, 2.75) is 43.5 Å². The molecular formula is C25H25Cl2N5OS2. The van der Waals surface area contributed by atoms with Gasteiger partial charge >= 0.3 is 0 Å². The van der Waals surface area contributed by atoms with Gasteiger partial charge in [-0.25, -0.2) is 4.98 Å². The molecule has 1 N–H and O–H groups in total. The molecule has 0 unspecified atom stereocenters. The Hall–Kier alpha value is -2.39. The third kappa shape index (κ3) is 6.44. The van der Waals surface area contributed by atoms with Gasteiger partial charge in [-0.2, -0.15) is 0 Å². The zero-order valence-electron chi connectivity index (χ0n) is 19.2. The van der Waals surface area contributed by atoms with Crippen molar-refractivity contribution in [3.8, 4) is 17.1 Å². The van der Waals surface area contributed by atoms with Crippen LogP contribution in [0.3, 0.4) is 0 Å². The number of nitrogens with zero attached hydrogens (tertiary/aromatic N) is 4. The number of hydrogen-bond donors (Lipinski definition) is 1. The first-order valence-corrected chi connectivity index (χ1v) is 14.0. The minimum Gasteiger partial charge on any atom is -0.351 e. The molecule has 0 aliphatic rings. The molecule has 10 heteroatoms. The van der Waals surface area contributed by atoms with Crippen LogP contribution in [-0.2, 0) is 5.75 Å². The quantitative estimate of drug-likeness (QED) is 0.158. The van der Waals surface area contributed by atoms with Crippen LogP contribution >= 0.6 is 46.3 Å². The van der Waals surface area contributed by atoms with E-state index in [1.54, 1.807) is 5.38 Å². The average Bonchev–Trinajstić information content (AvgIpc) is 3.50. The highest BCUT2D eigenvalue weighted by Gasteiger charge is 2.20. The molecule has 2 aromatic heterocycles. The van der Waals surface area contributed by atoms with E-state index >= 15 is 0 Å². The SMILES string of the molecule is CCCCCCNC(=O)c1csc(CSc2nnc(-c3ccccc3Cl)n2-c2ccccc2Cl)n1. The number of amides is 1. The molecule has 35 heavy (non-hydrogen) atoms. The van der Waals surface area contributed by atoms with Crippen molar-refractivity contribution < 1.29 is 4.79 Å². The van der Waals surface area contributed by atoms with Crippen molar-refractivity contribution in [2.24, 2.45) is 0 Å². The maximum absolute atomic E-state index is 12.4. The highest BCUT2D eigenvalue weighted by atomic mass is 35.5. The van der Waals surface area contributed by atoms with Crippen molar-refractivity contribution >= 4 is 52.2 Å².